The second-order valence-corrected chi connectivity index (χ2v) is 10.2. The molecule has 1 aliphatic heterocycles. The summed E-state index contributed by atoms with van der Waals surface area (Å²) in [5.41, 5.74) is 2.26. The third kappa shape index (κ3) is 5.06. The van der Waals surface area contributed by atoms with Crippen LogP contribution in [0.5, 0.6) is 0 Å². The number of benzene rings is 1. The summed E-state index contributed by atoms with van der Waals surface area (Å²) < 4.78 is 2.28. The first-order chi connectivity index (χ1) is 15.9. The van der Waals surface area contributed by atoms with Gasteiger partial charge in [0.15, 0.2) is 0 Å². The molecule has 2 unspecified atom stereocenters. The Hall–Kier alpha value is -2.45. The summed E-state index contributed by atoms with van der Waals surface area (Å²) in [5.74, 6) is 0.584. The highest BCUT2D eigenvalue weighted by molar-refractivity contribution is 5.81. The zero-order valence-corrected chi connectivity index (χ0v) is 20.1. The highest BCUT2D eigenvalue weighted by Crippen LogP contribution is 2.58. The van der Waals surface area contributed by atoms with Gasteiger partial charge in [-0.05, 0) is 57.3 Å². The first kappa shape index (κ1) is 23.7. The molecule has 2 aliphatic rings. The topological polar surface area (TPSA) is 81.9 Å². The van der Waals surface area contributed by atoms with E-state index in [1.54, 1.807) is 0 Å². The zero-order chi connectivity index (χ0) is 23.6. The molecule has 8 nitrogen and oxygen atoms in total. The molecule has 1 saturated carbocycles. The summed E-state index contributed by atoms with van der Waals surface area (Å²) >= 11 is 0. The SMILES string of the molecule is CCCCC(CN(O)C=O)C(=O)N1CC2(CC2)CC1c1nc2ccccc2n1CCN(C)C. The van der Waals surface area contributed by atoms with Crippen LogP contribution in [0.4, 0.5) is 0 Å². The van der Waals surface area contributed by atoms with Gasteiger partial charge < -0.3 is 14.4 Å². The van der Waals surface area contributed by atoms with Crippen molar-refractivity contribution in [3.05, 3.63) is 30.1 Å². The maximum absolute atomic E-state index is 13.8. The molecule has 2 atom stereocenters. The van der Waals surface area contributed by atoms with E-state index in [0.717, 1.165) is 68.6 Å². The van der Waals surface area contributed by atoms with Gasteiger partial charge in [-0.3, -0.25) is 14.8 Å². The van der Waals surface area contributed by atoms with Gasteiger partial charge in [0.2, 0.25) is 12.3 Å². The van der Waals surface area contributed by atoms with Gasteiger partial charge in [-0.2, -0.15) is 0 Å². The summed E-state index contributed by atoms with van der Waals surface area (Å²) in [4.78, 5) is 34.1. The van der Waals surface area contributed by atoms with Crippen LogP contribution in [-0.2, 0) is 16.1 Å². The fraction of sp³-hybridized carbons (Fsp3) is 0.640. The molecule has 1 aliphatic carbocycles. The largest absolute Gasteiger partial charge is 0.332 e. The molecule has 180 valence electrons. The summed E-state index contributed by atoms with van der Waals surface area (Å²) in [6.45, 7) is 4.56. The van der Waals surface area contributed by atoms with Gasteiger partial charge in [0.05, 0.1) is 29.5 Å². The van der Waals surface area contributed by atoms with Crippen LogP contribution in [0, 0.1) is 11.3 Å². The third-order valence-electron chi connectivity index (χ3n) is 7.29. The molecule has 1 aromatic heterocycles. The number of hydroxylamine groups is 2. The van der Waals surface area contributed by atoms with E-state index in [0.29, 0.717) is 17.9 Å². The molecule has 4 rings (SSSR count). The molecular formula is C25H37N5O3. The number of rotatable bonds is 11. The number of carbonyl (C=O) groups is 2. The van der Waals surface area contributed by atoms with Crippen LogP contribution in [0.2, 0.25) is 0 Å². The lowest BCUT2D eigenvalue weighted by atomic mass is 9.99. The van der Waals surface area contributed by atoms with Crippen LogP contribution in [0.1, 0.15) is 57.3 Å². The van der Waals surface area contributed by atoms with Crippen molar-refractivity contribution in [2.24, 2.45) is 11.3 Å². The molecule has 2 amide bonds. The van der Waals surface area contributed by atoms with Crippen molar-refractivity contribution in [3.63, 3.8) is 0 Å². The van der Waals surface area contributed by atoms with Crippen molar-refractivity contribution < 1.29 is 14.8 Å². The number of likely N-dealkylation sites (N-methyl/N-ethyl adjacent to an activating group) is 1. The van der Waals surface area contributed by atoms with Crippen molar-refractivity contribution in [2.75, 3.05) is 33.7 Å². The minimum atomic E-state index is -0.406. The standard InChI is InChI=1S/C25H37N5O3/c1-4-5-8-19(16-28(33)18-31)24(32)30-17-25(11-12-25)15-22(30)23-26-20-9-6-7-10-21(20)29(23)14-13-27(2)3/h6-7,9-10,18-19,22,33H,4-5,8,11-17H2,1-3H3. The smallest absolute Gasteiger partial charge is 0.233 e. The molecule has 0 radical (unpaired) electrons. The van der Waals surface area contributed by atoms with E-state index in [1.165, 1.54) is 0 Å². The Kier molecular flexibility index (Phi) is 7.05. The maximum atomic E-state index is 13.8. The van der Waals surface area contributed by atoms with Gasteiger partial charge >= 0.3 is 0 Å². The van der Waals surface area contributed by atoms with Crippen molar-refractivity contribution in [1.29, 1.82) is 0 Å². The van der Waals surface area contributed by atoms with Crippen LogP contribution < -0.4 is 0 Å². The van der Waals surface area contributed by atoms with Crippen LogP contribution in [0.25, 0.3) is 11.0 Å². The Morgan fingerprint density at radius 2 is 2.09 bits per heavy atom. The van der Waals surface area contributed by atoms with Gasteiger partial charge in [0.25, 0.3) is 0 Å². The number of hydrogen-bond donors (Lipinski definition) is 1. The molecule has 2 fully saturated rings. The first-order valence-corrected chi connectivity index (χ1v) is 12.2. The highest BCUT2D eigenvalue weighted by atomic mass is 16.5. The normalized spacial score (nSPS) is 20.0. The Morgan fingerprint density at radius 1 is 1.33 bits per heavy atom. The van der Waals surface area contributed by atoms with Gasteiger partial charge in [0, 0.05) is 19.6 Å². The van der Waals surface area contributed by atoms with E-state index in [4.69, 9.17) is 4.98 Å². The summed E-state index contributed by atoms with van der Waals surface area (Å²) in [5, 5.41) is 10.5. The number of nitrogens with zero attached hydrogens (tertiary/aromatic N) is 5. The van der Waals surface area contributed by atoms with E-state index in [-0.39, 0.29) is 23.9 Å². The van der Waals surface area contributed by atoms with Crippen LogP contribution in [-0.4, -0.2) is 75.7 Å². The molecular weight excluding hydrogens is 418 g/mol. The molecule has 8 heteroatoms. The Balaban J connectivity index is 1.68. The molecule has 2 heterocycles. The fourth-order valence-corrected chi connectivity index (χ4v) is 5.19. The number of para-hydroxylation sites is 2. The first-order valence-electron chi connectivity index (χ1n) is 12.2. The van der Waals surface area contributed by atoms with E-state index < -0.39 is 5.92 Å². The predicted octanol–water partition coefficient (Wildman–Crippen LogP) is 3.31. The Morgan fingerprint density at radius 3 is 2.76 bits per heavy atom. The predicted molar refractivity (Wildman–Crippen MR) is 127 cm³/mol. The summed E-state index contributed by atoms with van der Waals surface area (Å²) in [7, 11) is 4.13. The van der Waals surface area contributed by atoms with Crippen molar-refractivity contribution in [2.45, 2.75) is 58.0 Å². The van der Waals surface area contributed by atoms with Gasteiger partial charge in [-0.25, -0.2) is 10.0 Å². The quantitative estimate of drug-likeness (QED) is 0.319. The Labute approximate surface area is 196 Å². The van der Waals surface area contributed by atoms with E-state index in [9.17, 15) is 14.8 Å². The van der Waals surface area contributed by atoms with E-state index in [1.807, 2.05) is 23.1 Å². The lowest BCUT2D eigenvalue weighted by molar-refractivity contribution is -0.157. The third-order valence-corrected chi connectivity index (χ3v) is 7.29. The fourth-order valence-electron chi connectivity index (χ4n) is 5.19. The number of imidazole rings is 1. The Bertz CT molecular complexity index is 984. The number of hydrogen-bond acceptors (Lipinski definition) is 5. The molecule has 2 aromatic rings. The molecule has 1 spiro atoms. The van der Waals surface area contributed by atoms with Crippen LogP contribution in [0.3, 0.4) is 0 Å². The number of carbonyl (C=O) groups excluding carboxylic acids is 2. The van der Waals surface area contributed by atoms with Crippen molar-refractivity contribution in [3.8, 4) is 0 Å². The summed E-state index contributed by atoms with van der Waals surface area (Å²) in [6.07, 6.45) is 6.11. The number of aromatic nitrogens is 2. The van der Waals surface area contributed by atoms with Crippen LogP contribution in [0.15, 0.2) is 24.3 Å². The van der Waals surface area contributed by atoms with Gasteiger partial charge in [0.1, 0.15) is 5.82 Å². The number of amides is 2. The highest BCUT2D eigenvalue weighted by Gasteiger charge is 2.55. The second-order valence-electron chi connectivity index (χ2n) is 10.2. The average Bonchev–Trinajstić information content (AvgIpc) is 3.30. The number of likely N-dealkylation sites (tertiary alicyclic amines) is 1. The molecule has 0 bridgehead atoms. The van der Waals surface area contributed by atoms with Crippen molar-refractivity contribution >= 4 is 23.4 Å². The summed E-state index contributed by atoms with van der Waals surface area (Å²) in [6, 6.07) is 8.10. The lowest BCUT2D eigenvalue weighted by Crippen LogP contribution is -2.41. The van der Waals surface area contributed by atoms with E-state index >= 15 is 0 Å². The van der Waals surface area contributed by atoms with Crippen molar-refractivity contribution in [1.82, 2.24) is 24.4 Å². The number of fused-ring (bicyclic) bond motifs is 1. The zero-order valence-electron chi connectivity index (χ0n) is 20.1. The van der Waals surface area contributed by atoms with E-state index in [2.05, 4.69) is 36.6 Å². The molecule has 1 aromatic carbocycles. The number of unbranched alkanes of at least 4 members (excludes halogenated alkanes) is 1. The van der Waals surface area contributed by atoms with Gasteiger partial charge in [-0.15, -0.1) is 0 Å². The monoisotopic (exact) mass is 455 g/mol. The molecule has 33 heavy (non-hydrogen) atoms. The molecule has 1 N–H and O–H groups in total. The van der Waals surface area contributed by atoms with Crippen LogP contribution >= 0.6 is 0 Å². The minimum Gasteiger partial charge on any atom is -0.332 e. The van der Waals surface area contributed by atoms with Gasteiger partial charge in [-0.1, -0.05) is 31.9 Å². The minimum absolute atomic E-state index is 0.0318. The average molecular weight is 456 g/mol. The second kappa shape index (κ2) is 9.81. The lowest BCUT2D eigenvalue weighted by Gasteiger charge is -2.30. The maximum Gasteiger partial charge on any atom is 0.233 e. The molecule has 1 saturated heterocycles.